The average Bonchev–Trinajstić information content (AvgIpc) is 2.73. The molecule has 0 atom stereocenters. The van der Waals surface area contributed by atoms with Crippen molar-refractivity contribution in [3.05, 3.63) is 70.3 Å². The zero-order valence-corrected chi connectivity index (χ0v) is 15.8. The molecule has 0 aliphatic carbocycles. The van der Waals surface area contributed by atoms with Crippen molar-refractivity contribution in [2.45, 2.75) is 11.4 Å². The molecule has 0 aromatic heterocycles. The summed E-state index contributed by atoms with van der Waals surface area (Å²) in [5.41, 5.74) is 0.513. The lowest BCUT2D eigenvalue weighted by atomic mass is 10.2. The van der Waals surface area contributed by atoms with Crippen LogP contribution in [0.4, 0.5) is 10.5 Å². The lowest BCUT2D eigenvalue weighted by Gasteiger charge is -2.33. The van der Waals surface area contributed by atoms with Crippen molar-refractivity contribution in [1.82, 2.24) is 14.5 Å². The predicted molar refractivity (Wildman–Crippen MR) is 102 cm³/mol. The number of nitrogens with zero attached hydrogens (tertiary/aromatic N) is 3. The van der Waals surface area contributed by atoms with Gasteiger partial charge in [-0.25, -0.2) is 13.2 Å². The maximum Gasteiger partial charge on any atom is 0.317 e. The van der Waals surface area contributed by atoms with Crippen LogP contribution in [0.1, 0.15) is 5.56 Å². The Morgan fingerprint density at radius 3 is 2.25 bits per heavy atom. The number of piperazine rings is 1. The Balaban J connectivity index is 1.62. The monoisotopic (exact) mass is 404 g/mol. The standard InChI is InChI=1S/C18H20N4O5S/c23-18(19-14-15-6-2-1-3-7-15)20-10-12-21(13-11-20)28(26,27)17-9-5-4-8-16(17)22(24)25/h1-9H,10-14H2,(H,19,23). The van der Waals surface area contributed by atoms with E-state index in [1.165, 1.54) is 33.5 Å². The third-order valence-electron chi connectivity index (χ3n) is 4.49. The maximum absolute atomic E-state index is 12.8. The van der Waals surface area contributed by atoms with E-state index in [9.17, 15) is 23.3 Å². The van der Waals surface area contributed by atoms with Gasteiger partial charge in [-0.1, -0.05) is 42.5 Å². The minimum Gasteiger partial charge on any atom is -0.334 e. The van der Waals surface area contributed by atoms with Gasteiger partial charge in [0.05, 0.1) is 4.92 Å². The van der Waals surface area contributed by atoms with Crippen molar-refractivity contribution in [2.75, 3.05) is 26.2 Å². The van der Waals surface area contributed by atoms with Crippen molar-refractivity contribution in [2.24, 2.45) is 0 Å². The molecule has 0 bridgehead atoms. The number of benzene rings is 2. The number of hydrogen-bond donors (Lipinski definition) is 1. The van der Waals surface area contributed by atoms with E-state index in [1.54, 1.807) is 0 Å². The van der Waals surface area contributed by atoms with E-state index in [0.717, 1.165) is 5.56 Å². The number of nitro groups is 1. The van der Waals surface area contributed by atoms with Gasteiger partial charge in [-0.05, 0) is 11.6 Å². The van der Waals surface area contributed by atoms with Gasteiger partial charge in [0.25, 0.3) is 5.69 Å². The molecule has 1 heterocycles. The molecule has 2 aromatic carbocycles. The molecule has 1 aliphatic heterocycles. The van der Waals surface area contributed by atoms with E-state index >= 15 is 0 Å². The Labute approximate surface area is 162 Å². The number of para-hydroxylation sites is 1. The number of carbonyl (C=O) groups is 1. The molecule has 0 unspecified atom stereocenters. The first-order chi connectivity index (χ1) is 13.4. The normalized spacial score (nSPS) is 15.2. The van der Waals surface area contributed by atoms with Gasteiger partial charge in [-0.2, -0.15) is 4.31 Å². The average molecular weight is 404 g/mol. The second-order valence-corrected chi connectivity index (χ2v) is 8.17. The molecule has 148 valence electrons. The first-order valence-electron chi connectivity index (χ1n) is 8.70. The zero-order chi connectivity index (χ0) is 20.1. The molecule has 2 aromatic rings. The van der Waals surface area contributed by atoms with Gasteiger partial charge in [0, 0.05) is 38.8 Å². The minimum absolute atomic E-state index is 0.0765. The third-order valence-corrected chi connectivity index (χ3v) is 6.44. The summed E-state index contributed by atoms with van der Waals surface area (Å²) < 4.78 is 26.8. The van der Waals surface area contributed by atoms with Gasteiger partial charge >= 0.3 is 6.03 Å². The molecule has 1 fully saturated rings. The van der Waals surface area contributed by atoms with Gasteiger partial charge in [0.15, 0.2) is 4.90 Å². The highest BCUT2D eigenvalue weighted by atomic mass is 32.2. The Bertz CT molecular complexity index is 957. The van der Waals surface area contributed by atoms with Crippen molar-refractivity contribution < 1.29 is 18.1 Å². The summed E-state index contributed by atoms with van der Waals surface area (Å²) in [7, 11) is -4.01. The quantitative estimate of drug-likeness (QED) is 0.603. The van der Waals surface area contributed by atoms with Crippen LogP contribution in [-0.2, 0) is 16.6 Å². The number of amides is 2. The predicted octanol–water partition coefficient (Wildman–Crippen LogP) is 1.81. The second kappa shape index (κ2) is 8.36. The number of hydrogen-bond acceptors (Lipinski definition) is 5. The molecule has 1 N–H and O–H groups in total. The molecular formula is C18H20N4O5S. The van der Waals surface area contributed by atoms with E-state index in [2.05, 4.69) is 5.32 Å². The van der Waals surface area contributed by atoms with Gasteiger partial charge in [-0.15, -0.1) is 0 Å². The van der Waals surface area contributed by atoms with Crippen molar-refractivity contribution in [1.29, 1.82) is 0 Å². The van der Waals surface area contributed by atoms with Crippen LogP contribution in [0.25, 0.3) is 0 Å². The van der Waals surface area contributed by atoms with Crippen LogP contribution in [0.5, 0.6) is 0 Å². The van der Waals surface area contributed by atoms with Gasteiger partial charge in [-0.3, -0.25) is 10.1 Å². The molecule has 0 saturated carbocycles. The summed E-state index contributed by atoms with van der Waals surface area (Å²) in [6, 6.07) is 14.5. The molecule has 3 rings (SSSR count). The van der Waals surface area contributed by atoms with Crippen LogP contribution in [0.3, 0.4) is 0 Å². The maximum atomic E-state index is 12.8. The second-order valence-electron chi connectivity index (χ2n) is 6.26. The number of nitrogens with one attached hydrogen (secondary N) is 1. The lowest BCUT2D eigenvalue weighted by molar-refractivity contribution is -0.387. The third kappa shape index (κ3) is 4.29. The topological polar surface area (TPSA) is 113 Å². The van der Waals surface area contributed by atoms with Crippen LogP contribution >= 0.6 is 0 Å². The number of carbonyl (C=O) groups excluding carboxylic acids is 1. The van der Waals surface area contributed by atoms with E-state index in [4.69, 9.17) is 0 Å². The van der Waals surface area contributed by atoms with E-state index in [1.807, 2.05) is 30.3 Å². The van der Waals surface area contributed by atoms with Crippen molar-refractivity contribution in [3.63, 3.8) is 0 Å². The van der Waals surface area contributed by atoms with Crippen molar-refractivity contribution >= 4 is 21.7 Å². The van der Waals surface area contributed by atoms with Gasteiger partial charge < -0.3 is 10.2 Å². The fourth-order valence-electron chi connectivity index (χ4n) is 2.98. The molecule has 1 saturated heterocycles. The SMILES string of the molecule is O=C(NCc1ccccc1)N1CCN(S(=O)(=O)c2ccccc2[N+](=O)[O-])CC1. The summed E-state index contributed by atoms with van der Waals surface area (Å²) in [5, 5.41) is 14.0. The minimum atomic E-state index is -4.01. The lowest BCUT2D eigenvalue weighted by Crippen LogP contribution is -2.53. The zero-order valence-electron chi connectivity index (χ0n) is 15.0. The summed E-state index contributed by atoms with van der Waals surface area (Å²) in [6.45, 7) is 0.954. The fourth-order valence-corrected chi connectivity index (χ4v) is 4.56. The van der Waals surface area contributed by atoms with E-state index in [0.29, 0.717) is 6.54 Å². The first-order valence-corrected chi connectivity index (χ1v) is 10.1. The summed E-state index contributed by atoms with van der Waals surface area (Å²) in [6.07, 6.45) is 0. The smallest absolute Gasteiger partial charge is 0.317 e. The highest BCUT2D eigenvalue weighted by Crippen LogP contribution is 2.26. The van der Waals surface area contributed by atoms with Crippen LogP contribution in [0.15, 0.2) is 59.5 Å². The number of nitro benzene ring substituents is 1. The number of rotatable bonds is 5. The van der Waals surface area contributed by atoms with Gasteiger partial charge in [0.1, 0.15) is 0 Å². The fraction of sp³-hybridized carbons (Fsp3) is 0.278. The van der Waals surface area contributed by atoms with Gasteiger partial charge in [0.2, 0.25) is 10.0 Å². The van der Waals surface area contributed by atoms with Crippen LogP contribution < -0.4 is 5.32 Å². The molecule has 9 nitrogen and oxygen atoms in total. The number of urea groups is 1. The molecule has 0 spiro atoms. The Morgan fingerprint density at radius 2 is 1.61 bits per heavy atom. The molecule has 28 heavy (non-hydrogen) atoms. The van der Waals surface area contributed by atoms with Crippen LogP contribution in [-0.4, -0.2) is 54.8 Å². The summed E-state index contributed by atoms with van der Waals surface area (Å²) >= 11 is 0. The summed E-state index contributed by atoms with van der Waals surface area (Å²) in [4.78, 5) is 23.9. The first kappa shape index (κ1) is 19.8. The van der Waals surface area contributed by atoms with Crippen LogP contribution in [0, 0.1) is 10.1 Å². The molecule has 1 aliphatic rings. The van der Waals surface area contributed by atoms with Crippen molar-refractivity contribution in [3.8, 4) is 0 Å². The Hall–Kier alpha value is -2.98. The van der Waals surface area contributed by atoms with Crippen LogP contribution in [0.2, 0.25) is 0 Å². The molecule has 10 heteroatoms. The Morgan fingerprint density at radius 1 is 1.00 bits per heavy atom. The van der Waals surface area contributed by atoms with E-state index in [-0.39, 0.29) is 37.1 Å². The van der Waals surface area contributed by atoms with E-state index < -0.39 is 20.6 Å². The largest absolute Gasteiger partial charge is 0.334 e. The molecular weight excluding hydrogens is 384 g/mol. The molecule has 0 radical (unpaired) electrons. The molecule has 2 amide bonds. The number of sulfonamides is 1. The Kier molecular flexibility index (Phi) is 5.90. The summed E-state index contributed by atoms with van der Waals surface area (Å²) in [5.74, 6) is 0. The highest BCUT2D eigenvalue weighted by molar-refractivity contribution is 7.89. The highest BCUT2D eigenvalue weighted by Gasteiger charge is 2.34.